The summed E-state index contributed by atoms with van der Waals surface area (Å²) in [5.74, 6) is -0.651. The maximum atomic E-state index is 12.9. The Bertz CT molecular complexity index is 1240. The van der Waals surface area contributed by atoms with E-state index in [4.69, 9.17) is 9.47 Å². The third-order valence-electron chi connectivity index (χ3n) is 4.96. The molecule has 32 heavy (non-hydrogen) atoms. The molecule has 4 N–H and O–H groups in total. The topological polar surface area (TPSA) is 134 Å². The number of carbonyl (C=O) groups excluding carboxylic acids is 2. The lowest BCUT2D eigenvalue weighted by atomic mass is 9.92. The van der Waals surface area contributed by atoms with Crippen LogP contribution in [0.1, 0.15) is 17.9 Å². The fourth-order valence-corrected chi connectivity index (χ4v) is 3.46. The predicted molar refractivity (Wildman–Crippen MR) is 119 cm³/mol. The molecular formula is C22H21N5O5. The van der Waals surface area contributed by atoms with Gasteiger partial charge >= 0.3 is 0 Å². The number of hydrogen-bond donors (Lipinski definition) is 4. The van der Waals surface area contributed by atoms with E-state index in [1.807, 2.05) is 0 Å². The molecule has 1 atom stereocenters. The molecule has 0 spiro atoms. The van der Waals surface area contributed by atoms with Gasteiger partial charge in [0.1, 0.15) is 17.3 Å². The maximum Gasteiger partial charge on any atom is 0.258 e. The van der Waals surface area contributed by atoms with Gasteiger partial charge in [-0.15, -0.1) is 0 Å². The van der Waals surface area contributed by atoms with Gasteiger partial charge in [0.2, 0.25) is 17.8 Å². The lowest BCUT2D eigenvalue weighted by Crippen LogP contribution is -2.36. The average molecular weight is 435 g/mol. The first-order chi connectivity index (χ1) is 15.5. The molecule has 4 rings (SSSR count). The lowest BCUT2D eigenvalue weighted by molar-refractivity contribution is -0.123. The van der Waals surface area contributed by atoms with Crippen molar-refractivity contribution in [3.8, 4) is 11.5 Å². The fourth-order valence-electron chi connectivity index (χ4n) is 3.46. The molecule has 1 unspecified atom stereocenters. The number of nitrogens with zero attached hydrogens (tertiary/aromatic N) is 1. The molecule has 0 aliphatic carbocycles. The molecule has 1 aromatic heterocycles. The number of methoxy groups -OCH3 is 2. The van der Waals surface area contributed by atoms with Gasteiger partial charge < -0.3 is 25.4 Å². The molecule has 0 bridgehead atoms. The van der Waals surface area contributed by atoms with Gasteiger partial charge in [0.15, 0.2) is 0 Å². The highest BCUT2D eigenvalue weighted by molar-refractivity contribution is 6.04. The molecule has 2 aromatic carbocycles. The smallest absolute Gasteiger partial charge is 0.258 e. The Labute approximate surface area is 183 Å². The van der Waals surface area contributed by atoms with Crippen LogP contribution in [-0.2, 0) is 9.59 Å². The van der Waals surface area contributed by atoms with Crippen LogP contribution in [0.2, 0.25) is 0 Å². The Hall–Kier alpha value is -4.34. The molecule has 3 aromatic rings. The zero-order valence-corrected chi connectivity index (χ0v) is 17.4. The molecule has 0 saturated carbocycles. The Morgan fingerprint density at radius 2 is 1.91 bits per heavy atom. The third-order valence-corrected chi connectivity index (χ3v) is 4.96. The quantitative estimate of drug-likeness (QED) is 0.467. The minimum atomic E-state index is -0.999. The number of rotatable bonds is 6. The molecular weight excluding hydrogens is 414 g/mol. The highest BCUT2D eigenvalue weighted by Gasteiger charge is 2.34. The van der Waals surface area contributed by atoms with Crippen LogP contribution in [0.5, 0.6) is 11.5 Å². The minimum absolute atomic E-state index is 0.0354. The molecule has 2 heterocycles. The van der Waals surface area contributed by atoms with Crippen molar-refractivity contribution >= 4 is 35.0 Å². The Morgan fingerprint density at radius 1 is 1.09 bits per heavy atom. The number of H-pyrrole nitrogens is 1. The van der Waals surface area contributed by atoms with Crippen molar-refractivity contribution in [1.29, 1.82) is 0 Å². The number of aromatic nitrogens is 2. The lowest BCUT2D eigenvalue weighted by Gasteiger charge is -2.24. The highest BCUT2D eigenvalue weighted by Crippen LogP contribution is 2.31. The van der Waals surface area contributed by atoms with E-state index in [2.05, 4.69) is 25.9 Å². The molecule has 10 heteroatoms. The van der Waals surface area contributed by atoms with Crippen molar-refractivity contribution in [2.75, 3.05) is 30.2 Å². The highest BCUT2D eigenvalue weighted by atomic mass is 16.5. The number of benzene rings is 2. The van der Waals surface area contributed by atoms with Crippen LogP contribution in [0, 0.1) is 0 Å². The third kappa shape index (κ3) is 4.24. The number of aromatic amines is 1. The summed E-state index contributed by atoms with van der Waals surface area (Å²) in [5, 5.41) is 8.28. The van der Waals surface area contributed by atoms with Crippen LogP contribution < -0.4 is 31.0 Å². The van der Waals surface area contributed by atoms with Crippen molar-refractivity contribution in [1.82, 2.24) is 9.97 Å². The van der Waals surface area contributed by atoms with E-state index in [-0.39, 0.29) is 23.8 Å². The normalized spacial score (nSPS) is 14.7. The summed E-state index contributed by atoms with van der Waals surface area (Å²) in [6.07, 6.45) is -0.174. The van der Waals surface area contributed by atoms with Crippen LogP contribution in [-0.4, -0.2) is 36.0 Å². The van der Waals surface area contributed by atoms with Crippen LogP contribution >= 0.6 is 0 Å². The van der Waals surface area contributed by atoms with Gasteiger partial charge in [-0.05, 0) is 24.3 Å². The first-order valence-electron chi connectivity index (χ1n) is 9.77. The summed E-state index contributed by atoms with van der Waals surface area (Å²) in [4.78, 5) is 45.0. The predicted octanol–water partition coefficient (Wildman–Crippen LogP) is 2.60. The molecule has 10 nitrogen and oxygen atoms in total. The van der Waals surface area contributed by atoms with Gasteiger partial charge in [-0.3, -0.25) is 19.4 Å². The molecule has 0 fully saturated rings. The molecule has 1 aliphatic rings. The Morgan fingerprint density at radius 3 is 2.69 bits per heavy atom. The van der Waals surface area contributed by atoms with Crippen molar-refractivity contribution in [3.05, 3.63) is 64.4 Å². The van der Waals surface area contributed by atoms with Gasteiger partial charge in [-0.2, -0.15) is 4.98 Å². The Kier molecular flexibility index (Phi) is 5.75. The number of ether oxygens (including phenoxy) is 2. The SMILES string of the molecule is COc1cccc(NC(=O)C2CC(=O)Nc3nc(Nc4ccccc4OC)[nH]c(=O)c32)c1. The first-order valence-corrected chi connectivity index (χ1v) is 9.77. The van der Waals surface area contributed by atoms with E-state index in [9.17, 15) is 14.4 Å². The van der Waals surface area contributed by atoms with Crippen LogP contribution in [0.3, 0.4) is 0 Å². The second-order valence-corrected chi connectivity index (χ2v) is 7.03. The number of carbonyl (C=O) groups is 2. The fraction of sp³-hybridized carbons (Fsp3) is 0.182. The summed E-state index contributed by atoms with van der Waals surface area (Å²) in [6, 6.07) is 13.9. The van der Waals surface area contributed by atoms with E-state index < -0.39 is 23.3 Å². The van der Waals surface area contributed by atoms with E-state index >= 15 is 0 Å². The van der Waals surface area contributed by atoms with Crippen LogP contribution in [0.4, 0.5) is 23.1 Å². The van der Waals surface area contributed by atoms with Gasteiger partial charge in [0, 0.05) is 18.2 Å². The van der Waals surface area contributed by atoms with Crippen LogP contribution in [0.25, 0.3) is 0 Å². The van der Waals surface area contributed by atoms with Gasteiger partial charge in [0.05, 0.1) is 31.4 Å². The minimum Gasteiger partial charge on any atom is -0.497 e. The van der Waals surface area contributed by atoms with Crippen molar-refractivity contribution in [2.24, 2.45) is 0 Å². The summed E-state index contributed by atoms with van der Waals surface area (Å²) in [7, 11) is 3.04. The molecule has 0 saturated heterocycles. The summed E-state index contributed by atoms with van der Waals surface area (Å²) in [5.41, 5.74) is 0.627. The Balaban J connectivity index is 1.64. The summed E-state index contributed by atoms with van der Waals surface area (Å²) < 4.78 is 10.4. The van der Waals surface area contributed by atoms with E-state index in [0.29, 0.717) is 22.9 Å². The second-order valence-electron chi connectivity index (χ2n) is 7.03. The molecule has 2 amide bonds. The van der Waals surface area contributed by atoms with Gasteiger partial charge in [-0.25, -0.2) is 0 Å². The summed E-state index contributed by atoms with van der Waals surface area (Å²) >= 11 is 0. The summed E-state index contributed by atoms with van der Waals surface area (Å²) in [6.45, 7) is 0. The van der Waals surface area contributed by atoms with Crippen molar-refractivity contribution < 1.29 is 19.1 Å². The number of amides is 2. The standard InChI is InChI=1S/C22H21N5O5/c1-31-13-7-5-6-12(10-13)23-20(29)14-11-17(28)25-19-18(14)21(30)27-22(26-19)24-15-8-3-4-9-16(15)32-2/h3-10,14H,11H2,1-2H3,(H,23,29)(H3,24,25,26,27,28,30). The van der Waals surface area contributed by atoms with E-state index in [1.165, 1.54) is 14.2 Å². The average Bonchev–Trinajstić information content (AvgIpc) is 2.78. The number of para-hydroxylation sites is 2. The zero-order valence-electron chi connectivity index (χ0n) is 17.4. The second kappa shape index (κ2) is 8.80. The molecule has 1 aliphatic heterocycles. The molecule has 0 radical (unpaired) electrons. The van der Waals surface area contributed by atoms with Crippen molar-refractivity contribution in [3.63, 3.8) is 0 Å². The van der Waals surface area contributed by atoms with E-state index in [1.54, 1.807) is 48.5 Å². The maximum absolute atomic E-state index is 12.9. The monoisotopic (exact) mass is 435 g/mol. The number of hydrogen-bond acceptors (Lipinski definition) is 7. The van der Waals surface area contributed by atoms with Crippen molar-refractivity contribution in [2.45, 2.75) is 12.3 Å². The number of fused-ring (bicyclic) bond motifs is 1. The number of anilines is 4. The first kappa shape index (κ1) is 20.9. The van der Waals surface area contributed by atoms with E-state index in [0.717, 1.165) is 0 Å². The van der Waals surface area contributed by atoms with Gasteiger partial charge in [-0.1, -0.05) is 18.2 Å². The van der Waals surface area contributed by atoms with Crippen LogP contribution in [0.15, 0.2) is 53.3 Å². The molecule has 164 valence electrons. The largest absolute Gasteiger partial charge is 0.497 e. The zero-order chi connectivity index (χ0) is 22.7. The number of nitrogens with one attached hydrogen (secondary N) is 4. The van der Waals surface area contributed by atoms with Gasteiger partial charge in [0.25, 0.3) is 5.56 Å².